The SMILES string of the molecule is [2H]c1c(C([2H])([2H])C(C)(C)C)c([2H])c(-c2c(C)cc(C)c3c2oc2c([N+]#[C-])cccc23)[n+](C)c1C. The number of para-hydroxylation sites is 1. The second-order valence-corrected chi connectivity index (χ2v) is 8.95. The minimum atomic E-state index is -1.90. The fourth-order valence-electron chi connectivity index (χ4n) is 4.04. The lowest BCUT2D eigenvalue weighted by molar-refractivity contribution is -0.666. The average Bonchev–Trinajstić information content (AvgIpc) is 3.13. The number of fused-ring (bicyclic) bond motifs is 3. The van der Waals surface area contributed by atoms with Crippen LogP contribution >= 0.6 is 0 Å². The molecule has 0 bridgehead atoms. The lowest BCUT2D eigenvalue weighted by Crippen LogP contribution is -2.35. The van der Waals surface area contributed by atoms with Crippen LogP contribution in [0.15, 0.2) is 40.8 Å². The third-order valence-electron chi connectivity index (χ3n) is 5.39. The van der Waals surface area contributed by atoms with Crippen molar-refractivity contribution in [3.8, 4) is 11.3 Å². The van der Waals surface area contributed by atoms with Crippen molar-refractivity contribution in [3.63, 3.8) is 0 Å². The number of nitrogens with zero attached hydrogens (tertiary/aromatic N) is 2. The Hall–Kier alpha value is -3.12. The van der Waals surface area contributed by atoms with Crippen molar-refractivity contribution in [3.05, 3.63) is 70.2 Å². The molecule has 2 aromatic carbocycles. The molecule has 0 amide bonds. The maximum absolute atomic E-state index is 9.17. The van der Waals surface area contributed by atoms with Gasteiger partial charge in [-0.2, -0.15) is 4.57 Å². The molecule has 0 atom stereocenters. The molecule has 0 aliphatic heterocycles. The maximum atomic E-state index is 9.17. The van der Waals surface area contributed by atoms with Crippen molar-refractivity contribution in [2.24, 2.45) is 12.5 Å². The van der Waals surface area contributed by atoms with E-state index in [2.05, 4.69) is 4.85 Å². The number of benzene rings is 2. The van der Waals surface area contributed by atoms with Crippen molar-refractivity contribution in [2.45, 2.75) is 47.9 Å². The Labute approximate surface area is 184 Å². The molecule has 3 nitrogen and oxygen atoms in total. The molecule has 152 valence electrons. The first-order valence-electron chi connectivity index (χ1n) is 12.1. The normalized spacial score (nSPS) is 14.3. The van der Waals surface area contributed by atoms with E-state index in [1.54, 1.807) is 45.4 Å². The summed E-state index contributed by atoms with van der Waals surface area (Å²) in [6.45, 7) is 18.6. The minimum absolute atomic E-state index is 0.0165. The Morgan fingerprint density at radius 1 is 1.13 bits per heavy atom. The molecule has 3 heteroatoms. The number of aryl methyl sites for hydroxylation is 2. The largest absolute Gasteiger partial charge is 0.466 e. The van der Waals surface area contributed by atoms with Gasteiger partial charge in [0, 0.05) is 32.5 Å². The molecule has 2 heterocycles. The predicted octanol–water partition coefficient (Wildman–Crippen LogP) is 7.14. The van der Waals surface area contributed by atoms with E-state index < -0.39 is 11.8 Å². The molecule has 0 N–H and O–H groups in total. The number of furan rings is 1. The Kier molecular flexibility index (Phi) is 3.65. The first-order valence-corrected chi connectivity index (χ1v) is 10.1. The van der Waals surface area contributed by atoms with Crippen LogP contribution in [0.2, 0.25) is 0 Å². The van der Waals surface area contributed by atoms with Gasteiger partial charge in [-0.15, -0.1) is 0 Å². The Balaban J connectivity index is 2.24. The fourth-order valence-corrected chi connectivity index (χ4v) is 4.04. The second kappa shape index (κ2) is 6.99. The molecule has 4 aromatic rings. The zero-order valence-electron chi connectivity index (χ0n) is 22.6. The molecular weight excluding hydrogens is 368 g/mol. The lowest BCUT2D eigenvalue weighted by Gasteiger charge is -2.19. The van der Waals surface area contributed by atoms with Crippen molar-refractivity contribution >= 4 is 27.6 Å². The van der Waals surface area contributed by atoms with Gasteiger partial charge < -0.3 is 4.42 Å². The molecule has 30 heavy (non-hydrogen) atoms. The minimum Gasteiger partial charge on any atom is -0.466 e. The fraction of sp³-hybridized carbons (Fsp3) is 0.333. The van der Waals surface area contributed by atoms with E-state index in [1.807, 2.05) is 32.0 Å². The van der Waals surface area contributed by atoms with E-state index in [9.17, 15) is 0 Å². The smallest absolute Gasteiger partial charge is 0.229 e. The van der Waals surface area contributed by atoms with Gasteiger partial charge in [0.25, 0.3) is 0 Å². The van der Waals surface area contributed by atoms with Gasteiger partial charge in [-0.3, -0.25) is 0 Å². The summed E-state index contributed by atoms with van der Waals surface area (Å²) < 4.78 is 43.8. The zero-order chi connectivity index (χ0) is 25.3. The molecule has 0 spiro atoms. The van der Waals surface area contributed by atoms with Crippen molar-refractivity contribution in [1.29, 1.82) is 0 Å². The molecular formula is C27H29N2O+. The summed E-state index contributed by atoms with van der Waals surface area (Å²) in [6.07, 6.45) is -1.90. The molecule has 0 saturated carbocycles. The molecule has 4 rings (SSSR count). The summed E-state index contributed by atoms with van der Waals surface area (Å²) >= 11 is 0. The van der Waals surface area contributed by atoms with Crippen LogP contribution in [0.25, 0.3) is 38.0 Å². The van der Waals surface area contributed by atoms with Crippen molar-refractivity contribution in [2.75, 3.05) is 0 Å². The van der Waals surface area contributed by atoms with Crippen LogP contribution in [-0.2, 0) is 13.4 Å². The highest BCUT2D eigenvalue weighted by Crippen LogP contribution is 2.42. The number of aromatic nitrogens is 1. The van der Waals surface area contributed by atoms with E-state index >= 15 is 0 Å². The van der Waals surface area contributed by atoms with Gasteiger partial charge in [-0.25, -0.2) is 4.85 Å². The summed E-state index contributed by atoms with van der Waals surface area (Å²) in [5, 5.41) is 1.73. The van der Waals surface area contributed by atoms with Crippen LogP contribution in [0.4, 0.5) is 5.69 Å². The van der Waals surface area contributed by atoms with Gasteiger partial charge >= 0.3 is 0 Å². The Morgan fingerprint density at radius 2 is 1.87 bits per heavy atom. The number of hydrogen-bond donors (Lipinski definition) is 0. The monoisotopic (exact) mass is 401 g/mol. The molecule has 2 aromatic heterocycles. The van der Waals surface area contributed by atoms with Crippen molar-refractivity contribution in [1.82, 2.24) is 0 Å². The number of rotatable bonds is 2. The summed E-state index contributed by atoms with van der Waals surface area (Å²) in [4.78, 5) is 3.62. The Bertz CT molecular complexity index is 1540. The molecule has 0 unspecified atom stereocenters. The summed E-state index contributed by atoms with van der Waals surface area (Å²) in [5.41, 5.74) is 4.43. The molecule has 0 aliphatic rings. The van der Waals surface area contributed by atoms with E-state index in [0.29, 0.717) is 33.8 Å². The Morgan fingerprint density at radius 3 is 2.53 bits per heavy atom. The molecule has 0 fully saturated rings. The van der Waals surface area contributed by atoms with Crippen LogP contribution < -0.4 is 4.57 Å². The summed E-state index contributed by atoms with van der Waals surface area (Å²) in [6, 6.07) is 7.57. The third-order valence-corrected chi connectivity index (χ3v) is 5.39. The van der Waals surface area contributed by atoms with Crippen molar-refractivity contribution < 1.29 is 14.5 Å². The van der Waals surface area contributed by atoms with Gasteiger partial charge in [0.1, 0.15) is 18.2 Å². The quantitative estimate of drug-likeness (QED) is 0.258. The van der Waals surface area contributed by atoms with Crippen LogP contribution in [0.1, 0.15) is 48.6 Å². The van der Waals surface area contributed by atoms with Gasteiger partial charge in [0.05, 0.1) is 14.9 Å². The zero-order valence-corrected chi connectivity index (χ0v) is 18.6. The molecule has 0 aliphatic carbocycles. The van der Waals surface area contributed by atoms with Crippen LogP contribution in [0.3, 0.4) is 0 Å². The summed E-state index contributed by atoms with van der Waals surface area (Å²) in [5.74, 6) is 0. The van der Waals surface area contributed by atoms with E-state index in [0.717, 1.165) is 21.9 Å². The lowest BCUT2D eigenvalue weighted by atomic mass is 9.87. The first kappa shape index (κ1) is 15.7. The second-order valence-electron chi connectivity index (χ2n) is 8.95. The highest BCUT2D eigenvalue weighted by molar-refractivity contribution is 6.14. The highest BCUT2D eigenvalue weighted by atomic mass is 16.3. The first-order chi connectivity index (χ1) is 15.7. The van der Waals surface area contributed by atoms with Gasteiger partial charge in [0.2, 0.25) is 11.4 Å². The standard InChI is InChI=1S/C27H29N2O/c1-16-12-17(2)24(22-14-19(15-27(4,5)6)13-18(3)29(22)8)26-23(16)20-10-9-11-21(28-7)25(20)30-26/h9-14H,15H2,1-6,8H3/q+1/i13D,14D,15D2. The van der Waals surface area contributed by atoms with Crippen LogP contribution in [0, 0.1) is 32.8 Å². The van der Waals surface area contributed by atoms with E-state index in [-0.39, 0.29) is 17.6 Å². The summed E-state index contributed by atoms with van der Waals surface area (Å²) in [7, 11) is 1.80. The maximum Gasteiger partial charge on any atom is 0.229 e. The number of pyridine rings is 1. The average molecular weight is 402 g/mol. The highest BCUT2D eigenvalue weighted by Gasteiger charge is 2.25. The van der Waals surface area contributed by atoms with Crippen LogP contribution in [0.5, 0.6) is 0 Å². The molecule has 0 radical (unpaired) electrons. The van der Waals surface area contributed by atoms with Gasteiger partial charge in [-0.1, -0.05) is 45.0 Å². The predicted molar refractivity (Wildman–Crippen MR) is 124 cm³/mol. The molecule has 0 saturated heterocycles. The van der Waals surface area contributed by atoms with Gasteiger partial charge in [-0.05, 0) is 42.3 Å². The van der Waals surface area contributed by atoms with Crippen LogP contribution in [-0.4, -0.2) is 0 Å². The third kappa shape index (κ3) is 3.27. The topological polar surface area (TPSA) is 21.4 Å². The van der Waals surface area contributed by atoms with E-state index in [4.69, 9.17) is 16.5 Å². The number of hydrogen-bond acceptors (Lipinski definition) is 1. The van der Waals surface area contributed by atoms with E-state index in [1.165, 1.54) is 0 Å². The van der Waals surface area contributed by atoms with Gasteiger partial charge in [0.15, 0.2) is 5.69 Å².